The van der Waals surface area contributed by atoms with Gasteiger partial charge in [0.15, 0.2) is 13.2 Å². The largest absolute Gasteiger partial charge is 0.593 e. The van der Waals surface area contributed by atoms with Crippen LogP contribution in [0.3, 0.4) is 0 Å². The van der Waals surface area contributed by atoms with Crippen molar-refractivity contribution in [2.45, 2.75) is 6.35 Å². The Morgan fingerprint density at radius 1 is 0.889 bits per heavy atom. The number of ether oxygens (including phenoxy) is 4. The number of aliphatic imine (C=N–C) groups is 1. The predicted octanol–water partition coefficient (Wildman–Crippen LogP) is 1.97. The van der Waals surface area contributed by atoms with E-state index in [9.17, 15) is 9.59 Å². The van der Waals surface area contributed by atoms with E-state index in [4.69, 9.17) is 24.1 Å². The minimum Gasteiger partial charge on any atom is -0.593 e. The van der Waals surface area contributed by atoms with Gasteiger partial charge in [0.25, 0.3) is 23.9 Å². The highest BCUT2D eigenvalue weighted by molar-refractivity contribution is 6.05. The highest BCUT2D eigenvalue weighted by Gasteiger charge is 2.22. The molecule has 0 aliphatic carbocycles. The Balaban J connectivity index is 1.38. The van der Waals surface area contributed by atoms with Crippen LogP contribution in [0.1, 0.15) is 0 Å². The van der Waals surface area contributed by atoms with Gasteiger partial charge >= 0.3 is 0 Å². The highest BCUT2D eigenvalue weighted by Crippen LogP contribution is 2.31. The van der Waals surface area contributed by atoms with Crippen molar-refractivity contribution in [1.82, 2.24) is 10.6 Å². The number of methoxy groups -OCH3 is 1. The van der Waals surface area contributed by atoms with Crippen molar-refractivity contribution >= 4 is 23.5 Å². The number of fused-ring (bicyclic) bond motifs is 1. The monoisotopic (exact) mass is 493 g/mol. The van der Waals surface area contributed by atoms with E-state index in [-0.39, 0.29) is 19.2 Å². The van der Waals surface area contributed by atoms with E-state index >= 15 is 0 Å². The molecule has 0 fully saturated rings. The smallest absolute Gasteiger partial charge is 0.271 e. The van der Waals surface area contributed by atoms with Gasteiger partial charge < -0.3 is 29.4 Å². The van der Waals surface area contributed by atoms with E-state index in [2.05, 4.69) is 20.9 Å². The molecule has 0 aromatic heterocycles. The lowest BCUT2D eigenvalue weighted by Gasteiger charge is -2.14. The van der Waals surface area contributed by atoms with Crippen molar-refractivity contribution in [3.05, 3.63) is 72.8 Å². The summed E-state index contributed by atoms with van der Waals surface area (Å²) in [6.45, 7) is -0.663. The summed E-state index contributed by atoms with van der Waals surface area (Å²) in [5, 5.41) is 15.6. The molecule has 5 N–H and O–H groups in total. The molecule has 0 saturated carbocycles. The Hall–Kier alpha value is -4.93. The fourth-order valence-corrected chi connectivity index (χ4v) is 3.10. The van der Waals surface area contributed by atoms with E-state index in [0.29, 0.717) is 28.7 Å². The second-order valence-corrected chi connectivity index (χ2v) is 7.46. The minimum absolute atomic E-state index is 0.140. The van der Waals surface area contributed by atoms with Crippen molar-refractivity contribution in [1.29, 1.82) is 0 Å². The Bertz CT molecular complexity index is 1200. The molecule has 3 aromatic rings. The number of carbonyl (C=O) groups excluding carboxylic acids is 2. The normalized spacial score (nSPS) is 14.0. The molecular weight excluding hydrogens is 468 g/mol. The van der Waals surface area contributed by atoms with Crippen LogP contribution in [0, 0.1) is 0 Å². The van der Waals surface area contributed by atoms with Crippen LogP contribution < -0.4 is 34.9 Å². The first kappa shape index (κ1) is 24.2. The molecule has 0 saturated heterocycles. The van der Waals surface area contributed by atoms with Crippen LogP contribution in [0.4, 0.5) is 5.69 Å². The molecule has 1 aliphatic heterocycles. The summed E-state index contributed by atoms with van der Waals surface area (Å²) in [7, 11) is 1.55. The number of para-hydroxylation sites is 2. The molecule has 0 bridgehead atoms. The zero-order valence-electron chi connectivity index (χ0n) is 19.3. The number of amides is 2. The van der Waals surface area contributed by atoms with Gasteiger partial charge in [0.2, 0.25) is 5.96 Å². The lowest BCUT2D eigenvalue weighted by Crippen LogP contribution is -2.48. The lowest BCUT2D eigenvalue weighted by atomic mass is 10.3. The van der Waals surface area contributed by atoms with Gasteiger partial charge in [-0.05, 0) is 48.5 Å². The van der Waals surface area contributed by atoms with Gasteiger partial charge in [0.05, 0.1) is 12.8 Å². The third-order valence-corrected chi connectivity index (χ3v) is 4.82. The summed E-state index contributed by atoms with van der Waals surface area (Å²) in [5.41, 5.74) is 0.729. The van der Waals surface area contributed by atoms with E-state index in [1.807, 2.05) is 18.2 Å². The van der Waals surface area contributed by atoms with Crippen LogP contribution in [0.2, 0.25) is 0 Å². The molecule has 186 valence electrons. The van der Waals surface area contributed by atoms with Gasteiger partial charge in [-0.1, -0.05) is 12.1 Å². The van der Waals surface area contributed by atoms with Crippen LogP contribution in [-0.2, 0) is 9.59 Å². The van der Waals surface area contributed by atoms with Gasteiger partial charge in [-0.3, -0.25) is 20.2 Å². The second-order valence-electron chi connectivity index (χ2n) is 7.46. The molecular formula is C25H25N4O7+. The topological polar surface area (TPSA) is 142 Å². The Labute approximate surface area is 206 Å². The summed E-state index contributed by atoms with van der Waals surface area (Å²) in [4.78, 5) is 29.3. The Kier molecular flexibility index (Phi) is 7.71. The number of anilines is 1. The lowest BCUT2D eigenvalue weighted by molar-refractivity contribution is -0.122. The number of hydrogen-bond donors (Lipinski definition) is 3. The molecule has 3 aromatic carbocycles. The first-order chi connectivity index (χ1) is 17.5. The molecule has 4 rings (SSSR count). The molecule has 1 atom stereocenters. The summed E-state index contributed by atoms with van der Waals surface area (Å²) in [5.74, 6) is 1.22. The summed E-state index contributed by atoms with van der Waals surface area (Å²) in [6, 6.07) is 20.2. The second kappa shape index (κ2) is 11.5. The van der Waals surface area contributed by atoms with Crippen molar-refractivity contribution in [3.63, 3.8) is 0 Å². The standard InChI is InChI=1S/C25H24N4O7/c1-33-17-10-12-19(13-11-17)35-15-23(32)28-24(29-25-26-20-4-2-3-5-21(20)36-25)27-22(31)14-34-18-8-6-16(30)7-9-18/h2-13,25-26,30H,14-15H2,1H3,(H2,27,28,29,31,32)/p+1. The molecule has 1 unspecified atom stereocenters. The van der Waals surface area contributed by atoms with Gasteiger partial charge in [0.1, 0.15) is 23.0 Å². The number of rotatable bonds is 8. The van der Waals surface area contributed by atoms with Gasteiger partial charge in [-0.15, -0.1) is 0 Å². The van der Waals surface area contributed by atoms with Crippen molar-refractivity contribution in [2.75, 3.05) is 25.6 Å². The van der Waals surface area contributed by atoms with Gasteiger partial charge in [-0.25, -0.2) is 0 Å². The van der Waals surface area contributed by atoms with Gasteiger partial charge in [-0.2, -0.15) is 4.99 Å². The molecule has 2 amide bonds. The van der Waals surface area contributed by atoms with E-state index in [1.54, 1.807) is 61.7 Å². The molecule has 11 nitrogen and oxygen atoms in total. The molecule has 1 heterocycles. The molecule has 11 heteroatoms. The fraction of sp³-hybridized carbons (Fsp3) is 0.160. The predicted molar refractivity (Wildman–Crippen MR) is 132 cm³/mol. The van der Waals surface area contributed by atoms with Crippen LogP contribution >= 0.6 is 0 Å². The van der Waals surface area contributed by atoms with Crippen molar-refractivity contribution < 1.29 is 33.6 Å². The SMILES string of the molecule is COc1ccc(OCC(=O)N/C(=N/C2Nc3ccccc3O2)NC(=O)COc2ccc([OH2+])cc2)cc1. The number of hydrogen-bond acceptors (Lipinski definition) is 8. The van der Waals surface area contributed by atoms with Gasteiger partial charge in [0, 0.05) is 12.1 Å². The Morgan fingerprint density at radius 2 is 1.44 bits per heavy atom. The molecule has 0 radical (unpaired) electrons. The third kappa shape index (κ3) is 6.79. The van der Waals surface area contributed by atoms with Crippen LogP contribution in [-0.4, -0.2) is 49.6 Å². The highest BCUT2D eigenvalue weighted by atomic mass is 16.5. The Morgan fingerprint density at radius 3 is 2.03 bits per heavy atom. The van der Waals surface area contributed by atoms with Crippen LogP contribution in [0.5, 0.6) is 28.7 Å². The van der Waals surface area contributed by atoms with E-state index in [0.717, 1.165) is 5.69 Å². The zero-order valence-corrected chi connectivity index (χ0v) is 19.3. The number of nitrogens with zero attached hydrogens (tertiary/aromatic N) is 1. The number of nitrogens with one attached hydrogen (secondary N) is 3. The molecule has 1 aliphatic rings. The maximum absolute atomic E-state index is 12.5. The average Bonchev–Trinajstić information content (AvgIpc) is 3.29. The minimum atomic E-state index is -0.869. The summed E-state index contributed by atoms with van der Waals surface area (Å²) in [6.07, 6.45) is -0.869. The first-order valence-electron chi connectivity index (χ1n) is 10.9. The van der Waals surface area contributed by atoms with Crippen LogP contribution in [0.15, 0.2) is 77.8 Å². The molecule has 36 heavy (non-hydrogen) atoms. The number of guanidine groups is 1. The van der Waals surface area contributed by atoms with Crippen molar-refractivity contribution in [2.24, 2.45) is 4.99 Å². The first-order valence-corrected chi connectivity index (χ1v) is 10.9. The van der Waals surface area contributed by atoms with E-state index < -0.39 is 18.2 Å². The average molecular weight is 493 g/mol. The zero-order chi connectivity index (χ0) is 25.3. The summed E-state index contributed by atoms with van der Waals surface area (Å²) >= 11 is 0. The van der Waals surface area contributed by atoms with Crippen LogP contribution in [0.25, 0.3) is 0 Å². The number of benzene rings is 3. The van der Waals surface area contributed by atoms with Crippen molar-refractivity contribution in [3.8, 4) is 28.7 Å². The maximum atomic E-state index is 12.5. The fourth-order valence-electron chi connectivity index (χ4n) is 3.10. The quantitative estimate of drug-likeness (QED) is 0.247. The summed E-state index contributed by atoms with van der Waals surface area (Å²) < 4.78 is 21.7. The van der Waals surface area contributed by atoms with E-state index in [1.165, 1.54) is 0 Å². The number of carbonyl (C=O) groups is 2. The maximum Gasteiger partial charge on any atom is 0.271 e. The molecule has 0 spiro atoms. The third-order valence-electron chi connectivity index (χ3n) is 4.82.